The molecule has 0 amide bonds. The van der Waals surface area contributed by atoms with E-state index in [1.807, 2.05) is 0 Å². The molecule has 0 saturated heterocycles. The van der Waals surface area contributed by atoms with Crippen molar-refractivity contribution in [1.82, 2.24) is 0 Å². The number of hydrogen-bond donors (Lipinski definition) is 0. The first-order valence-electron chi connectivity index (χ1n) is 3.37. The minimum Gasteiger partial charge on any atom is -0.748 e. The molecule has 0 saturated carbocycles. The van der Waals surface area contributed by atoms with Crippen molar-refractivity contribution in [1.29, 1.82) is 0 Å². The maximum Gasteiger partial charge on any atom is 1.00 e. The Balaban J connectivity index is 0.00000196. The second-order valence-corrected chi connectivity index (χ2v) is 4.71. The van der Waals surface area contributed by atoms with Crippen LogP contribution in [0.2, 0.25) is 10.0 Å². The van der Waals surface area contributed by atoms with E-state index in [1.165, 1.54) is 6.07 Å². The molecule has 0 spiro atoms. The van der Waals surface area contributed by atoms with Gasteiger partial charge in [-0.1, -0.05) is 23.2 Å². The number of hydrogen-bond acceptors (Lipinski definition) is 3. The average Bonchev–Trinajstić information content (AvgIpc) is 2.04. The van der Waals surface area contributed by atoms with Gasteiger partial charge in [-0.15, -0.1) is 0 Å². The Bertz CT molecular complexity index is 464. The van der Waals surface area contributed by atoms with Gasteiger partial charge in [0.1, 0.15) is 5.82 Å². The Hall–Kier alpha value is 0.640. The SMILES string of the molecule is O=S(=O)([O-])Cc1c(F)ccc(Cl)c1Cl.[Na+]. The van der Waals surface area contributed by atoms with Crippen LogP contribution in [-0.4, -0.2) is 13.0 Å². The molecule has 15 heavy (non-hydrogen) atoms. The van der Waals surface area contributed by atoms with E-state index in [2.05, 4.69) is 0 Å². The number of rotatable bonds is 2. The van der Waals surface area contributed by atoms with Crippen molar-refractivity contribution in [2.24, 2.45) is 0 Å². The van der Waals surface area contributed by atoms with Gasteiger partial charge in [-0.2, -0.15) is 0 Å². The van der Waals surface area contributed by atoms with Crippen molar-refractivity contribution in [2.45, 2.75) is 5.75 Å². The summed E-state index contributed by atoms with van der Waals surface area (Å²) in [5, 5.41) is -0.238. The molecule has 0 N–H and O–H groups in total. The molecule has 1 aromatic rings. The largest absolute Gasteiger partial charge is 1.00 e. The van der Waals surface area contributed by atoms with Crippen LogP contribution in [0.5, 0.6) is 0 Å². The topological polar surface area (TPSA) is 57.2 Å². The molecule has 0 atom stereocenters. The van der Waals surface area contributed by atoms with Gasteiger partial charge in [-0.25, -0.2) is 12.8 Å². The van der Waals surface area contributed by atoms with Crippen molar-refractivity contribution in [3.8, 4) is 0 Å². The molecule has 0 aliphatic rings. The maximum atomic E-state index is 13.0. The normalized spacial score (nSPS) is 10.9. The van der Waals surface area contributed by atoms with Crippen molar-refractivity contribution in [2.75, 3.05) is 0 Å². The fourth-order valence-corrected chi connectivity index (χ4v) is 1.99. The third kappa shape index (κ3) is 4.56. The second kappa shape index (κ2) is 5.82. The van der Waals surface area contributed by atoms with Gasteiger partial charge in [0.2, 0.25) is 0 Å². The predicted octanol–water partition coefficient (Wildman–Crippen LogP) is -0.818. The third-order valence-electron chi connectivity index (χ3n) is 1.46. The standard InChI is InChI=1S/C7H5Cl2FO3S.Na/c8-5-1-2-6(10)4(7(5)9)3-14(11,12)13;/h1-2H,3H2,(H,11,12,13);/q;+1/p-1. The van der Waals surface area contributed by atoms with Crippen molar-refractivity contribution in [3.63, 3.8) is 0 Å². The molecule has 0 bridgehead atoms. The van der Waals surface area contributed by atoms with Crippen molar-refractivity contribution in [3.05, 3.63) is 33.6 Å². The quantitative estimate of drug-likeness (QED) is 0.404. The Kier molecular flexibility index (Phi) is 6.06. The number of halogens is 3. The van der Waals surface area contributed by atoms with Gasteiger partial charge in [0, 0.05) is 5.56 Å². The molecule has 0 unspecified atom stereocenters. The fraction of sp³-hybridized carbons (Fsp3) is 0.143. The van der Waals surface area contributed by atoms with Crippen molar-refractivity contribution >= 4 is 33.3 Å². The van der Waals surface area contributed by atoms with Crippen LogP contribution in [0.4, 0.5) is 4.39 Å². The fourth-order valence-electron chi connectivity index (χ4n) is 0.878. The molecule has 1 rings (SSSR count). The molecular weight excluding hydrogens is 277 g/mol. The predicted molar refractivity (Wildman–Crippen MR) is 49.8 cm³/mol. The van der Waals surface area contributed by atoms with Gasteiger partial charge >= 0.3 is 29.6 Å². The molecule has 3 nitrogen and oxygen atoms in total. The Labute approximate surface area is 119 Å². The van der Waals surface area contributed by atoms with E-state index < -0.39 is 27.3 Å². The first-order valence-corrected chi connectivity index (χ1v) is 5.70. The molecule has 0 aromatic heterocycles. The zero-order valence-electron chi connectivity index (χ0n) is 7.63. The van der Waals surface area contributed by atoms with E-state index in [1.54, 1.807) is 0 Å². The molecule has 0 fully saturated rings. The summed E-state index contributed by atoms with van der Waals surface area (Å²) in [4.78, 5) is 0. The molecular formula is C7H4Cl2FNaO3S. The summed E-state index contributed by atoms with van der Waals surface area (Å²) in [5.74, 6) is -1.86. The summed E-state index contributed by atoms with van der Waals surface area (Å²) in [6, 6.07) is 2.13. The minimum absolute atomic E-state index is 0. The monoisotopic (exact) mass is 280 g/mol. The van der Waals surface area contributed by atoms with Crippen LogP contribution in [0.15, 0.2) is 12.1 Å². The van der Waals surface area contributed by atoms with E-state index in [9.17, 15) is 17.4 Å². The van der Waals surface area contributed by atoms with Crippen LogP contribution in [0.25, 0.3) is 0 Å². The molecule has 78 valence electrons. The molecule has 8 heteroatoms. The zero-order chi connectivity index (χ0) is 10.9. The van der Waals surface area contributed by atoms with Gasteiger partial charge in [0.25, 0.3) is 0 Å². The van der Waals surface area contributed by atoms with E-state index in [-0.39, 0.29) is 39.6 Å². The average molecular weight is 281 g/mol. The smallest absolute Gasteiger partial charge is 0.748 e. The van der Waals surface area contributed by atoms with Gasteiger partial charge in [-0.3, -0.25) is 0 Å². The minimum atomic E-state index is -4.57. The van der Waals surface area contributed by atoms with Gasteiger partial charge in [0.15, 0.2) is 0 Å². The summed E-state index contributed by atoms with van der Waals surface area (Å²) >= 11 is 11.0. The molecule has 0 aliphatic carbocycles. The van der Waals surface area contributed by atoms with Crippen LogP contribution < -0.4 is 29.6 Å². The van der Waals surface area contributed by atoms with Gasteiger partial charge in [-0.05, 0) is 12.1 Å². The van der Waals surface area contributed by atoms with E-state index in [4.69, 9.17) is 23.2 Å². The first kappa shape index (κ1) is 15.6. The maximum absolute atomic E-state index is 13.0. The Morgan fingerprint density at radius 3 is 2.33 bits per heavy atom. The third-order valence-corrected chi connectivity index (χ3v) is 2.95. The zero-order valence-corrected chi connectivity index (χ0v) is 12.0. The summed E-state index contributed by atoms with van der Waals surface area (Å²) in [6.07, 6.45) is 0. The summed E-state index contributed by atoms with van der Waals surface area (Å²) < 4.78 is 44.2. The van der Waals surface area contributed by atoms with E-state index >= 15 is 0 Å². The van der Waals surface area contributed by atoms with Crippen LogP contribution >= 0.6 is 23.2 Å². The Morgan fingerprint density at radius 2 is 1.87 bits per heavy atom. The summed E-state index contributed by atoms with van der Waals surface area (Å²) in [6.45, 7) is 0. The van der Waals surface area contributed by atoms with Crippen LogP contribution in [-0.2, 0) is 15.9 Å². The van der Waals surface area contributed by atoms with Crippen molar-refractivity contribution < 1.29 is 46.9 Å². The van der Waals surface area contributed by atoms with Crippen LogP contribution in [0, 0.1) is 5.82 Å². The number of benzene rings is 1. The molecule has 0 aliphatic heterocycles. The molecule has 0 radical (unpaired) electrons. The molecule has 1 aromatic carbocycles. The first-order chi connectivity index (χ1) is 6.31. The summed E-state index contributed by atoms with van der Waals surface area (Å²) in [5.41, 5.74) is -0.394. The van der Waals surface area contributed by atoms with Crippen LogP contribution in [0.1, 0.15) is 5.56 Å². The van der Waals surface area contributed by atoms with E-state index in [0.717, 1.165) is 6.07 Å². The Morgan fingerprint density at radius 1 is 1.33 bits per heavy atom. The summed E-state index contributed by atoms with van der Waals surface area (Å²) in [7, 11) is -4.57. The second-order valence-electron chi connectivity index (χ2n) is 2.52. The van der Waals surface area contributed by atoms with Crippen LogP contribution in [0.3, 0.4) is 0 Å². The van der Waals surface area contributed by atoms with Gasteiger partial charge < -0.3 is 4.55 Å². The van der Waals surface area contributed by atoms with E-state index in [0.29, 0.717) is 0 Å². The molecule has 0 heterocycles. The van der Waals surface area contributed by atoms with Gasteiger partial charge in [0.05, 0.1) is 25.9 Å².